The molecular weight excluding hydrogens is 399 g/mol. The van der Waals surface area contributed by atoms with E-state index in [4.69, 9.17) is 0 Å². The quantitative estimate of drug-likeness (QED) is 0.327. The molecule has 5 rings (SSSR count). The van der Waals surface area contributed by atoms with Crippen molar-refractivity contribution in [3.63, 3.8) is 0 Å². The van der Waals surface area contributed by atoms with Gasteiger partial charge in [-0.1, -0.05) is 42.1 Å². The number of nitrogens with zero attached hydrogens (tertiary/aromatic N) is 3. The van der Waals surface area contributed by atoms with Crippen molar-refractivity contribution in [1.82, 2.24) is 19.7 Å². The molecule has 0 bridgehead atoms. The van der Waals surface area contributed by atoms with Gasteiger partial charge in [0.2, 0.25) is 0 Å². The van der Waals surface area contributed by atoms with Crippen LogP contribution < -0.4 is 0 Å². The lowest BCUT2D eigenvalue weighted by Gasteiger charge is -2.13. The summed E-state index contributed by atoms with van der Waals surface area (Å²) in [5.41, 5.74) is 2.98. The van der Waals surface area contributed by atoms with Crippen LogP contribution in [-0.4, -0.2) is 30.8 Å². The van der Waals surface area contributed by atoms with Crippen LogP contribution in [0.15, 0.2) is 53.7 Å². The Balaban J connectivity index is 1.48. The van der Waals surface area contributed by atoms with Crippen LogP contribution in [0.1, 0.15) is 41.9 Å². The molecule has 1 aliphatic carbocycles. The molecule has 2 heterocycles. The van der Waals surface area contributed by atoms with Crippen LogP contribution in [0.2, 0.25) is 0 Å². The Bertz CT molecular complexity index is 1260. The largest absolute Gasteiger partial charge is 0.358 e. The first-order valence-electron chi connectivity index (χ1n) is 10.0. The summed E-state index contributed by atoms with van der Waals surface area (Å²) in [5.74, 6) is 0.260. The van der Waals surface area contributed by atoms with E-state index in [1.807, 2.05) is 42.7 Å². The Hall–Kier alpha value is -2.93. The molecule has 7 heteroatoms. The van der Waals surface area contributed by atoms with Crippen LogP contribution in [-0.2, 0) is 0 Å². The van der Waals surface area contributed by atoms with E-state index in [0.717, 1.165) is 35.0 Å². The van der Waals surface area contributed by atoms with Crippen molar-refractivity contribution in [3.05, 3.63) is 65.6 Å². The lowest BCUT2D eigenvalue weighted by Crippen LogP contribution is -2.15. The Morgan fingerprint density at radius 3 is 2.67 bits per heavy atom. The van der Waals surface area contributed by atoms with Gasteiger partial charge in [0.05, 0.1) is 10.8 Å². The standard InChI is InChI=1S/C23H21FN4OS/c1-13-20(17-8-4-6-10-19(17)25-13)21(29)14(2)30-23-27-26-22(28(23)15-11-12-15)16-7-3-5-9-18(16)24/h3-10,14-15,25H,11-12H2,1-2H3/t14-/m0/s1. The van der Waals surface area contributed by atoms with E-state index < -0.39 is 0 Å². The third-order valence-corrected chi connectivity index (χ3v) is 6.54. The first kappa shape index (κ1) is 19.1. The van der Waals surface area contributed by atoms with E-state index in [1.54, 1.807) is 18.2 Å². The summed E-state index contributed by atoms with van der Waals surface area (Å²) < 4.78 is 16.4. The summed E-state index contributed by atoms with van der Waals surface area (Å²) >= 11 is 1.39. The molecule has 2 aromatic heterocycles. The normalized spacial score (nSPS) is 14.9. The minimum Gasteiger partial charge on any atom is -0.358 e. The smallest absolute Gasteiger partial charge is 0.192 e. The number of rotatable bonds is 6. The predicted molar refractivity (Wildman–Crippen MR) is 116 cm³/mol. The average molecular weight is 421 g/mol. The number of carbonyl (C=O) groups excluding carboxylic acids is 1. The number of fused-ring (bicyclic) bond motifs is 1. The second-order valence-electron chi connectivity index (χ2n) is 7.68. The summed E-state index contributed by atoms with van der Waals surface area (Å²) in [4.78, 5) is 16.6. The number of ketones is 1. The number of H-pyrrole nitrogens is 1. The van der Waals surface area contributed by atoms with Crippen LogP contribution >= 0.6 is 11.8 Å². The molecule has 5 nitrogen and oxygen atoms in total. The van der Waals surface area contributed by atoms with Crippen LogP contribution in [0.4, 0.5) is 4.39 Å². The first-order valence-corrected chi connectivity index (χ1v) is 10.9. The zero-order valence-electron chi connectivity index (χ0n) is 16.7. The van der Waals surface area contributed by atoms with Crippen LogP contribution in [0.3, 0.4) is 0 Å². The predicted octanol–water partition coefficient (Wildman–Crippen LogP) is 5.57. The van der Waals surface area contributed by atoms with Crippen molar-refractivity contribution in [2.24, 2.45) is 0 Å². The summed E-state index contributed by atoms with van der Waals surface area (Å²) in [7, 11) is 0. The molecule has 0 unspecified atom stereocenters. The zero-order chi connectivity index (χ0) is 20.8. The highest BCUT2D eigenvalue weighted by Crippen LogP contribution is 2.42. The van der Waals surface area contributed by atoms with Gasteiger partial charge in [0.1, 0.15) is 5.82 Å². The van der Waals surface area contributed by atoms with Gasteiger partial charge >= 0.3 is 0 Å². The number of para-hydroxylation sites is 1. The molecule has 0 radical (unpaired) electrons. The second-order valence-corrected chi connectivity index (χ2v) is 8.99. The molecule has 1 N–H and O–H groups in total. The number of aromatic amines is 1. The number of halogens is 1. The Kier molecular flexibility index (Phi) is 4.70. The molecule has 1 aliphatic rings. The summed E-state index contributed by atoms with van der Waals surface area (Å²) in [5, 5.41) is 9.86. The highest BCUT2D eigenvalue weighted by atomic mass is 32.2. The number of carbonyl (C=O) groups is 1. The number of thioether (sulfide) groups is 1. The Morgan fingerprint density at radius 1 is 1.17 bits per heavy atom. The molecule has 30 heavy (non-hydrogen) atoms. The van der Waals surface area contributed by atoms with Gasteiger partial charge in [0.25, 0.3) is 0 Å². The topological polar surface area (TPSA) is 63.6 Å². The second kappa shape index (κ2) is 7.40. The molecule has 0 spiro atoms. The van der Waals surface area contributed by atoms with Gasteiger partial charge in [-0.15, -0.1) is 10.2 Å². The molecule has 1 saturated carbocycles. The number of hydrogen-bond acceptors (Lipinski definition) is 4. The SMILES string of the molecule is Cc1[nH]c2ccccc2c1C(=O)[C@H](C)Sc1nnc(-c2ccccc2F)n1C1CC1. The van der Waals surface area contributed by atoms with Crippen LogP contribution in [0.25, 0.3) is 22.3 Å². The van der Waals surface area contributed by atoms with Gasteiger partial charge in [0, 0.05) is 28.2 Å². The maximum Gasteiger partial charge on any atom is 0.192 e. The maximum atomic E-state index is 14.4. The van der Waals surface area contributed by atoms with E-state index in [-0.39, 0.29) is 22.9 Å². The number of hydrogen-bond donors (Lipinski definition) is 1. The van der Waals surface area contributed by atoms with Gasteiger partial charge in [-0.25, -0.2) is 4.39 Å². The minimum atomic E-state index is -0.349. The number of Topliss-reactive ketones (excluding diaryl/α,β-unsaturated/α-hetero) is 1. The van der Waals surface area contributed by atoms with Crippen molar-refractivity contribution in [2.75, 3.05) is 0 Å². The lowest BCUT2D eigenvalue weighted by molar-refractivity contribution is 0.0995. The van der Waals surface area contributed by atoms with Gasteiger partial charge in [0.15, 0.2) is 16.8 Å². The fraction of sp³-hybridized carbons (Fsp3) is 0.261. The molecule has 1 fully saturated rings. The van der Waals surface area contributed by atoms with E-state index in [2.05, 4.69) is 15.2 Å². The Labute approximate surface area is 177 Å². The highest BCUT2D eigenvalue weighted by Gasteiger charge is 2.32. The molecule has 1 atom stereocenters. The van der Waals surface area contributed by atoms with Crippen molar-refractivity contribution in [3.8, 4) is 11.4 Å². The average Bonchev–Trinajstić information content (AvgIpc) is 3.41. The molecule has 0 saturated heterocycles. The van der Waals surface area contributed by atoms with Gasteiger partial charge < -0.3 is 4.98 Å². The summed E-state index contributed by atoms with van der Waals surface area (Å²) in [6.07, 6.45) is 2.02. The van der Waals surface area contributed by atoms with Gasteiger partial charge in [-0.3, -0.25) is 9.36 Å². The minimum absolute atomic E-state index is 0.0488. The molecule has 152 valence electrons. The monoisotopic (exact) mass is 420 g/mol. The zero-order valence-corrected chi connectivity index (χ0v) is 17.5. The third-order valence-electron chi connectivity index (χ3n) is 5.48. The molecule has 0 aliphatic heterocycles. The number of aromatic nitrogens is 4. The fourth-order valence-corrected chi connectivity index (χ4v) is 4.83. The van der Waals surface area contributed by atoms with E-state index in [0.29, 0.717) is 16.5 Å². The van der Waals surface area contributed by atoms with Crippen molar-refractivity contribution in [1.29, 1.82) is 0 Å². The Morgan fingerprint density at radius 2 is 1.90 bits per heavy atom. The number of aryl methyl sites for hydroxylation is 1. The summed E-state index contributed by atoms with van der Waals surface area (Å²) in [6, 6.07) is 14.7. The third kappa shape index (κ3) is 3.23. The van der Waals surface area contributed by atoms with E-state index >= 15 is 0 Å². The molecule has 0 amide bonds. The van der Waals surface area contributed by atoms with Crippen molar-refractivity contribution < 1.29 is 9.18 Å². The highest BCUT2D eigenvalue weighted by molar-refractivity contribution is 8.00. The van der Waals surface area contributed by atoms with Crippen molar-refractivity contribution in [2.45, 2.75) is 43.1 Å². The first-order chi connectivity index (χ1) is 14.5. The van der Waals surface area contributed by atoms with Crippen LogP contribution in [0, 0.1) is 12.7 Å². The maximum absolute atomic E-state index is 14.4. The molecular formula is C23H21FN4OS. The number of nitrogens with one attached hydrogen (secondary N) is 1. The van der Waals surface area contributed by atoms with Gasteiger partial charge in [-0.2, -0.15) is 0 Å². The molecule has 2 aromatic carbocycles. The molecule has 4 aromatic rings. The van der Waals surface area contributed by atoms with Crippen molar-refractivity contribution >= 4 is 28.4 Å². The van der Waals surface area contributed by atoms with Crippen LogP contribution in [0.5, 0.6) is 0 Å². The number of benzene rings is 2. The van der Waals surface area contributed by atoms with E-state index in [9.17, 15) is 9.18 Å². The van der Waals surface area contributed by atoms with E-state index in [1.165, 1.54) is 17.8 Å². The summed E-state index contributed by atoms with van der Waals surface area (Å²) in [6.45, 7) is 3.82. The fourth-order valence-electron chi connectivity index (χ4n) is 3.85. The lowest BCUT2D eigenvalue weighted by atomic mass is 10.1. The van der Waals surface area contributed by atoms with Gasteiger partial charge in [-0.05, 0) is 44.9 Å².